The molecule has 2 aromatic rings. The molecule has 0 radical (unpaired) electrons. The molecule has 1 saturated carbocycles. The number of nitrogens with zero attached hydrogens (tertiary/aromatic N) is 1. The number of ketones is 2. The van der Waals surface area contributed by atoms with E-state index < -0.39 is 17.7 Å². The molecule has 2 aromatic carbocycles. The Labute approximate surface area is 192 Å². The zero-order valence-electron chi connectivity index (χ0n) is 18.7. The van der Waals surface area contributed by atoms with Gasteiger partial charge in [0.1, 0.15) is 5.78 Å². The monoisotopic (exact) mass is 449 g/mol. The second kappa shape index (κ2) is 8.78. The Balaban J connectivity index is 1.35. The van der Waals surface area contributed by atoms with Gasteiger partial charge in [0.15, 0.2) is 5.78 Å². The highest BCUT2D eigenvalue weighted by molar-refractivity contribution is 6.07. The first-order valence-electron chi connectivity index (χ1n) is 11.0. The molecule has 33 heavy (non-hydrogen) atoms. The summed E-state index contributed by atoms with van der Waals surface area (Å²) in [5, 5.41) is 15.5. The van der Waals surface area contributed by atoms with E-state index in [0.717, 1.165) is 16.7 Å². The molecule has 2 aliphatic rings. The molecule has 1 heterocycles. The second-order valence-electron chi connectivity index (χ2n) is 9.10. The molecule has 1 atom stereocenters. The van der Waals surface area contributed by atoms with E-state index >= 15 is 0 Å². The average molecular weight is 450 g/mol. The smallest absolute Gasteiger partial charge is 0.319 e. The van der Waals surface area contributed by atoms with Crippen molar-refractivity contribution in [1.29, 1.82) is 0 Å². The fraction of sp³-hybridized carbons (Fsp3) is 0.360. The Morgan fingerprint density at radius 1 is 1.12 bits per heavy atom. The number of urea groups is 1. The first-order chi connectivity index (χ1) is 15.6. The van der Waals surface area contributed by atoms with E-state index in [4.69, 9.17) is 0 Å². The molecule has 1 fully saturated rings. The van der Waals surface area contributed by atoms with Crippen molar-refractivity contribution in [3.8, 4) is 0 Å². The average Bonchev–Trinajstić information content (AvgIpc) is 3.08. The molecule has 3 amide bonds. The van der Waals surface area contributed by atoms with Gasteiger partial charge in [0, 0.05) is 30.8 Å². The van der Waals surface area contributed by atoms with Gasteiger partial charge in [-0.05, 0) is 55.2 Å². The number of fused-ring (bicyclic) bond motifs is 1. The SMILES string of the molecule is CC(C)(O)c1ccc(NC(=O)NCc2ccc3c(c2)C(=O)N(C2CCC(=O)CC2=O)C3)cc1. The van der Waals surface area contributed by atoms with Crippen molar-refractivity contribution in [1.82, 2.24) is 10.2 Å². The van der Waals surface area contributed by atoms with Gasteiger partial charge in [0.2, 0.25) is 0 Å². The Morgan fingerprint density at radius 3 is 2.52 bits per heavy atom. The van der Waals surface area contributed by atoms with Crippen LogP contribution in [0.4, 0.5) is 10.5 Å². The first kappa shape index (κ1) is 22.7. The molecule has 172 valence electrons. The van der Waals surface area contributed by atoms with Gasteiger partial charge >= 0.3 is 6.03 Å². The lowest BCUT2D eigenvalue weighted by atomic mass is 9.92. The van der Waals surface area contributed by atoms with Gasteiger partial charge < -0.3 is 20.6 Å². The Bertz CT molecular complexity index is 1120. The largest absolute Gasteiger partial charge is 0.386 e. The quantitative estimate of drug-likeness (QED) is 0.607. The lowest BCUT2D eigenvalue weighted by Gasteiger charge is -2.29. The summed E-state index contributed by atoms with van der Waals surface area (Å²) in [5.74, 6) is -0.474. The van der Waals surface area contributed by atoms with Gasteiger partial charge in [-0.3, -0.25) is 14.4 Å². The predicted octanol–water partition coefficient (Wildman–Crippen LogP) is 2.88. The van der Waals surface area contributed by atoms with E-state index in [1.54, 1.807) is 49.1 Å². The molecular weight excluding hydrogens is 422 g/mol. The molecule has 8 nitrogen and oxygen atoms in total. The third kappa shape index (κ3) is 4.96. The Kier molecular flexibility index (Phi) is 6.03. The third-order valence-corrected chi connectivity index (χ3v) is 6.12. The molecule has 8 heteroatoms. The summed E-state index contributed by atoms with van der Waals surface area (Å²) >= 11 is 0. The summed E-state index contributed by atoms with van der Waals surface area (Å²) in [6, 6.07) is 11.4. The van der Waals surface area contributed by atoms with Crippen LogP contribution >= 0.6 is 0 Å². The molecule has 1 unspecified atom stereocenters. The molecule has 1 aliphatic heterocycles. The molecule has 0 spiro atoms. The van der Waals surface area contributed by atoms with Crippen LogP contribution in [0, 0.1) is 0 Å². The number of carbonyl (C=O) groups is 4. The maximum atomic E-state index is 12.9. The zero-order valence-corrected chi connectivity index (χ0v) is 18.7. The molecule has 1 aliphatic carbocycles. The van der Waals surface area contributed by atoms with Crippen molar-refractivity contribution >= 4 is 29.2 Å². The Hall–Kier alpha value is -3.52. The molecule has 0 saturated heterocycles. The summed E-state index contributed by atoms with van der Waals surface area (Å²) in [6.07, 6.45) is 0.597. The molecule has 3 N–H and O–H groups in total. The maximum absolute atomic E-state index is 12.9. The minimum atomic E-state index is -0.955. The Morgan fingerprint density at radius 2 is 1.85 bits per heavy atom. The lowest BCUT2D eigenvalue weighted by molar-refractivity contribution is -0.133. The normalized spacial score (nSPS) is 18.3. The van der Waals surface area contributed by atoms with Crippen LogP contribution in [0.25, 0.3) is 0 Å². The number of hydrogen-bond donors (Lipinski definition) is 3. The summed E-state index contributed by atoms with van der Waals surface area (Å²) in [4.78, 5) is 50.5. The maximum Gasteiger partial charge on any atom is 0.319 e. The first-order valence-corrected chi connectivity index (χ1v) is 11.0. The summed E-state index contributed by atoms with van der Waals surface area (Å²) < 4.78 is 0. The van der Waals surface area contributed by atoms with E-state index in [2.05, 4.69) is 10.6 Å². The van der Waals surface area contributed by atoms with E-state index in [1.165, 1.54) is 0 Å². The van der Waals surface area contributed by atoms with Crippen molar-refractivity contribution in [2.75, 3.05) is 5.32 Å². The number of hydrogen-bond acceptors (Lipinski definition) is 5. The van der Waals surface area contributed by atoms with Gasteiger partial charge in [0.05, 0.1) is 18.1 Å². The highest BCUT2D eigenvalue weighted by Gasteiger charge is 2.38. The number of aliphatic hydroxyl groups is 1. The third-order valence-electron chi connectivity index (χ3n) is 6.12. The van der Waals surface area contributed by atoms with Gasteiger partial charge in [-0.2, -0.15) is 0 Å². The van der Waals surface area contributed by atoms with Crippen LogP contribution in [0.3, 0.4) is 0 Å². The summed E-state index contributed by atoms with van der Waals surface area (Å²) in [5.41, 5.74) is 2.51. The van der Waals surface area contributed by atoms with E-state index in [1.807, 2.05) is 12.1 Å². The van der Waals surface area contributed by atoms with Crippen LogP contribution in [0.1, 0.15) is 60.2 Å². The molecule has 0 bridgehead atoms. The van der Waals surface area contributed by atoms with Crippen molar-refractivity contribution in [2.24, 2.45) is 0 Å². The van der Waals surface area contributed by atoms with Gasteiger partial charge in [-0.1, -0.05) is 24.3 Å². The van der Waals surface area contributed by atoms with E-state index in [0.29, 0.717) is 30.6 Å². The predicted molar refractivity (Wildman–Crippen MR) is 122 cm³/mol. The number of carbonyl (C=O) groups excluding carboxylic acids is 4. The highest BCUT2D eigenvalue weighted by atomic mass is 16.3. The van der Waals surface area contributed by atoms with E-state index in [-0.39, 0.29) is 30.4 Å². The van der Waals surface area contributed by atoms with Crippen molar-refractivity contribution in [3.05, 3.63) is 64.7 Å². The minimum Gasteiger partial charge on any atom is -0.386 e. The van der Waals surface area contributed by atoms with Crippen LogP contribution in [0.5, 0.6) is 0 Å². The van der Waals surface area contributed by atoms with Crippen molar-refractivity contribution in [2.45, 2.75) is 57.8 Å². The lowest BCUT2D eigenvalue weighted by Crippen LogP contribution is -2.44. The molecule has 0 aromatic heterocycles. The minimum absolute atomic E-state index is 0.0692. The fourth-order valence-corrected chi connectivity index (χ4v) is 4.24. The topological polar surface area (TPSA) is 116 Å². The van der Waals surface area contributed by atoms with Gasteiger partial charge in [-0.25, -0.2) is 4.79 Å². The van der Waals surface area contributed by atoms with Crippen molar-refractivity contribution in [3.63, 3.8) is 0 Å². The van der Waals surface area contributed by atoms with Crippen LogP contribution in [-0.4, -0.2) is 39.6 Å². The zero-order chi connectivity index (χ0) is 23.8. The number of Topliss-reactive ketones (excluding diaryl/α,β-unsaturated/α-hetero) is 2. The number of nitrogens with one attached hydrogen (secondary N) is 2. The van der Waals surface area contributed by atoms with E-state index in [9.17, 15) is 24.3 Å². The van der Waals surface area contributed by atoms with Crippen molar-refractivity contribution < 1.29 is 24.3 Å². The number of benzene rings is 2. The number of anilines is 1. The molecular formula is C25H27N3O5. The van der Waals surface area contributed by atoms with Gasteiger partial charge in [-0.15, -0.1) is 0 Å². The van der Waals surface area contributed by atoms with Crippen LogP contribution in [0.15, 0.2) is 42.5 Å². The highest BCUT2D eigenvalue weighted by Crippen LogP contribution is 2.29. The second-order valence-corrected chi connectivity index (χ2v) is 9.10. The number of amides is 3. The molecule has 4 rings (SSSR count). The van der Waals surface area contributed by atoms with Gasteiger partial charge in [0.25, 0.3) is 5.91 Å². The van der Waals surface area contributed by atoms with Crippen LogP contribution in [-0.2, 0) is 28.3 Å². The fourth-order valence-electron chi connectivity index (χ4n) is 4.24. The number of rotatable bonds is 5. The van der Waals surface area contributed by atoms with Crippen LogP contribution in [0.2, 0.25) is 0 Å². The summed E-state index contributed by atoms with van der Waals surface area (Å²) in [7, 11) is 0. The summed E-state index contributed by atoms with van der Waals surface area (Å²) in [6.45, 7) is 3.96. The standard InChI is InChI=1S/C25H27N3O5/c1-25(2,33)17-5-7-18(8-6-17)27-24(32)26-13-15-3-4-16-14-28(23(31)20(16)11-15)21-10-9-19(29)12-22(21)30/h3-8,11,21,33H,9-10,12-14H2,1-2H3,(H2,26,27,32). The van der Waals surface area contributed by atoms with Crippen LogP contribution < -0.4 is 10.6 Å².